The predicted octanol–water partition coefficient (Wildman–Crippen LogP) is 4.61. The van der Waals surface area contributed by atoms with Crippen LogP contribution in [-0.2, 0) is 16.9 Å². The Balaban J connectivity index is 1.47. The van der Waals surface area contributed by atoms with Crippen LogP contribution >= 0.6 is 0 Å². The number of amides is 1. The van der Waals surface area contributed by atoms with Gasteiger partial charge in [0.25, 0.3) is 5.91 Å². The van der Waals surface area contributed by atoms with Crippen molar-refractivity contribution in [1.29, 1.82) is 0 Å². The highest BCUT2D eigenvalue weighted by Crippen LogP contribution is 2.42. The molecule has 0 saturated carbocycles. The first kappa shape index (κ1) is 20.1. The van der Waals surface area contributed by atoms with E-state index in [0.29, 0.717) is 18.7 Å². The molecule has 0 spiro atoms. The summed E-state index contributed by atoms with van der Waals surface area (Å²) in [6.07, 6.45) is 1.82. The van der Waals surface area contributed by atoms with Crippen LogP contribution in [0.3, 0.4) is 0 Å². The van der Waals surface area contributed by atoms with Crippen LogP contribution < -0.4 is 10.8 Å². The topological polar surface area (TPSA) is 70.6 Å². The SMILES string of the molecule is O=C(NO)c1ccc(CNc2ccc(C3(c4ccc(F)cc4)CCCO3)cc2)cc1. The van der Waals surface area contributed by atoms with Crippen LogP contribution in [0.1, 0.15) is 39.9 Å². The fourth-order valence-corrected chi connectivity index (χ4v) is 3.88. The lowest BCUT2D eigenvalue weighted by Gasteiger charge is -2.30. The van der Waals surface area contributed by atoms with Crippen molar-refractivity contribution in [2.24, 2.45) is 0 Å². The molecule has 6 heteroatoms. The Morgan fingerprint density at radius 1 is 0.967 bits per heavy atom. The van der Waals surface area contributed by atoms with Gasteiger partial charge in [-0.15, -0.1) is 0 Å². The fraction of sp³-hybridized carbons (Fsp3) is 0.208. The zero-order valence-electron chi connectivity index (χ0n) is 16.4. The number of halogens is 1. The van der Waals surface area contributed by atoms with Crippen molar-refractivity contribution in [2.75, 3.05) is 11.9 Å². The molecule has 0 aliphatic carbocycles. The van der Waals surface area contributed by atoms with Crippen LogP contribution in [0.15, 0.2) is 72.8 Å². The van der Waals surface area contributed by atoms with E-state index in [1.165, 1.54) is 12.1 Å². The number of hydroxylamine groups is 1. The van der Waals surface area contributed by atoms with E-state index in [-0.39, 0.29) is 5.82 Å². The van der Waals surface area contributed by atoms with Crippen molar-refractivity contribution < 1.29 is 19.1 Å². The Kier molecular flexibility index (Phi) is 5.79. The molecule has 3 N–H and O–H groups in total. The van der Waals surface area contributed by atoms with Gasteiger partial charge in [-0.1, -0.05) is 36.4 Å². The maximum absolute atomic E-state index is 13.4. The monoisotopic (exact) mass is 406 g/mol. The molecule has 1 heterocycles. The molecule has 1 aliphatic rings. The second-order valence-electron chi connectivity index (χ2n) is 7.35. The highest BCUT2D eigenvalue weighted by Gasteiger charge is 2.38. The summed E-state index contributed by atoms with van der Waals surface area (Å²) in [6, 6.07) is 21.7. The fourth-order valence-electron chi connectivity index (χ4n) is 3.88. The molecule has 3 aromatic carbocycles. The Morgan fingerprint density at radius 3 is 2.17 bits per heavy atom. The number of hydrogen-bond acceptors (Lipinski definition) is 4. The lowest BCUT2D eigenvalue weighted by Crippen LogP contribution is -2.26. The van der Waals surface area contributed by atoms with Gasteiger partial charge in [0.1, 0.15) is 11.4 Å². The molecule has 1 aliphatic heterocycles. The van der Waals surface area contributed by atoms with Crippen molar-refractivity contribution in [3.63, 3.8) is 0 Å². The minimum atomic E-state index is -0.533. The van der Waals surface area contributed by atoms with Crippen LogP contribution in [0.25, 0.3) is 0 Å². The molecule has 5 nitrogen and oxygen atoms in total. The van der Waals surface area contributed by atoms with Crippen molar-refractivity contribution in [3.8, 4) is 0 Å². The second-order valence-corrected chi connectivity index (χ2v) is 7.35. The van der Waals surface area contributed by atoms with Gasteiger partial charge in [0, 0.05) is 24.4 Å². The maximum atomic E-state index is 13.4. The van der Waals surface area contributed by atoms with Gasteiger partial charge in [-0.2, -0.15) is 0 Å². The zero-order valence-corrected chi connectivity index (χ0v) is 16.4. The molecule has 0 aromatic heterocycles. The van der Waals surface area contributed by atoms with E-state index in [4.69, 9.17) is 9.94 Å². The average molecular weight is 406 g/mol. The summed E-state index contributed by atoms with van der Waals surface area (Å²) in [7, 11) is 0. The standard InChI is InChI=1S/C24H23FN2O3/c25-21-10-6-19(7-11-21)24(14-1-15-30-24)20-8-12-22(13-9-20)26-16-17-2-4-18(5-3-17)23(28)27-29/h2-13,26,29H,1,14-16H2,(H,27,28). The molecule has 1 fully saturated rings. The highest BCUT2D eigenvalue weighted by molar-refractivity contribution is 5.93. The number of carbonyl (C=O) groups excluding carboxylic acids is 1. The van der Waals surface area contributed by atoms with Gasteiger partial charge in [-0.25, -0.2) is 9.87 Å². The van der Waals surface area contributed by atoms with Gasteiger partial charge in [0.15, 0.2) is 0 Å². The van der Waals surface area contributed by atoms with Crippen LogP contribution in [0.2, 0.25) is 0 Å². The molecule has 154 valence electrons. The molecule has 1 saturated heterocycles. The summed E-state index contributed by atoms with van der Waals surface area (Å²) in [5.41, 5.74) is 5.48. The summed E-state index contributed by atoms with van der Waals surface area (Å²) in [6.45, 7) is 1.28. The average Bonchev–Trinajstić information content (AvgIpc) is 3.29. The summed E-state index contributed by atoms with van der Waals surface area (Å²) in [5, 5.41) is 12.0. The molecule has 1 unspecified atom stereocenters. The minimum Gasteiger partial charge on any atom is -0.381 e. The molecule has 30 heavy (non-hydrogen) atoms. The van der Waals surface area contributed by atoms with Gasteiger partial charge >= 0.3 is 0 Å². The van der Waals surface area contributed by atoms with Crippen molar-refractivity contribution in [3.05, 3.63) is 101 Å². The van der Waals surface area contributed by atoms with Gasteiger partial charge in [0.2, 0.25) is 0 Å². The van der Waals surface area contributed by atoms with Crippen molar-refractivity contribution >= 4 is 11.6 Å². The number of ether oxygens (including phenoxy) is 1. The number of carbonyl (C=O) groups is 1. The number of anilines is 1. The Labute approximate surface area is 174 Å². The quantitative estimate of drug-likeness (QED) is 0.413. The molecule has 0 bridgehead atoms. The van der Waals surface area contributed by atoms with Gasteiger partial charge in [-0.3, -0.25) is 10.0 Å². The summed E-state index contributed by atoms with van der Waals surface area (Å²) >= 11 is 0. The minimum absolute atomic E-state index is 0.253. The summed E-state index contributed by atoms with van der Waals surface area (Å²) in [4.78, 5) is 11.4. The van der Waals surface area contributed by atoms with Gasteiger partial charge in [0.05, 0.1) is 0 Å². The summed E-state index contributed by atoms with van der Waals surface area (Å²) in [5.74, 6) is -0.786. The van der Waals surface area contributed by atoms with Crippen LogP contribution in [0.4, 0.5) is 10.1 Å². The Hall–Kier alpha value is -3.22. The molecule has 3 aromatic rings. The molecule has 1 atom stereocenters. The number of rotatable bonds is 6. The van der Waals surface area contributed by atoms with E-state index in [2.05, 4.69) is 5.32 Å². The van der Waals surface area contributed by atoms with Crippen molar-refractivity contribution in [2.45, 2.75) is 25.0 Å². The lowest BCUT2D eigenvalue weighted by atomic mass is 9.84. The maximum Gasteiger partial charge on any atom is 0.274 e. The second kappa shape index (κ2) is 8.65. The van der Waals surface area contributed by atoms with E-state index >= 15 is 0 Å². The van der Waals surface area contributed by atoms with E-state index in [9.17, 15) is 9.18 Å². The van der Waals surface area contributed by atoms with E-state index < -0.39 is 11.5 Å². The first-order valence-corrected chi connectivity index (χ1v) is 9.88. The first-order chi connectivity index (χ1) is 14.6. The summed E-state index contributed by atoms with van der Waals surface area (Å²) < 4.78 is 19.5. The lowest BCUT2D eigenvalue weighted by molar-refractivity contribution is 0.0359. The molecular formula is C24H23FN2O3. The van der Waals surface area contributed by atoms with E-state index in [1.54, 1.807) is 29.7 Å². The largest absolute Gasteiger partial charge is 0.381 e. The Morgan fingerprint density at radius 2 is 1.60 bits per heavy atom. The molecule has 1 amide bonds. The smallest absolute Gasteiger partial charge is 0.274 e. The molecular weight excluding hydrogens is 383 g/mol. The van der Waals surface area contributed by atoms with Gasteiger partial charge in [-0.05, 0) is 65.9 Å². The van der Waals surface area contributed by atoms with Crippen LogP contribution in [-0.4, -0.2) is 17.7 Å². The highest BCUT2D eigenvalue weighted by atomic mass is 19.1. The van der Waals surface area contributed by atoms with Gasteiger partial charge < -0.3 is 10.1 Å². The third-order valence-corrected chi connectivity index (χ3v) is 5.50. The van der Waals surface area contributed by atoms with Crippen LogP contribution in [0.5, 0.6) is 0 Å². The van der Waals surface area contributed by atoms with Crippen molar-refractivity contribution in [1.82, 2.24) is 5.48 Å². The number of hydrogen-bond donors (Lipinski definition) is 3. The molecule has 4 rings (SSSR count). The first-order valence-electron chi connectivity index (χ1n) is 9.88. The Bertz CT molecular complexity index is 996. The third kappa shape index (κ3) is 4.06. The van der Waals surface area contributed by atoms with E-state index in [0.717, 1.165) is 35.2 Å². The predicted molar refractivity (Wildman–Crippen MR) is 112 cm³/mol. The van der Waals surface area contributed by atoms with E-state index in [1.807, 2.05) is 36.4 Å². The third-order valence-electron chi connectivity index (χ3n) is 5.50. The van der Waals surface area contributed by atoms with Crippen LogP contribution in [0, 0.1) is 5.82 Å². The number of benzene rings is 3. The zero-order chi connectivity index (χ0) is 21.0. The molecule has 0 radical (unpaired) electrons. The normalized spacial score (nSPS) is 18.2. The number of nitrogens with one attached hydrogen (secondary N) is 2.